The van der Waals surface area contributed by atoms with E-state index < -0.39 is 18.0 Å². The first kappa shape index (κ1) is 22.1. The van der Waals surface area contributed by atoms with Crippen LogP contribution >= 0.6 is 0 Å². The number of hydrogen-bond donors (Lipinski definition) is 0. The minimum atomic E-state index is -4.56. The molecular formula is C22H26F3N3O2. The highest BCUT2D eigenvalue weighted by atomic mass is 19.4. The van der Waals surface area contributed by atoms with Crippen LogP contribution in [0, 0.1) is 0 Å². The van der Waals surface area contributed by atoms with Gasteiger partial charge in [-0.2, -0.15) is 18.2 Å². The molecule has 162 valence electrons. The number of carbonyl (C=O) groups is 1. The van der Waals surface area contributed by atoms with E-state index in [1.54, 1.807) is 4.90 Å². The Morgan fingerprint density at radius 3 is 2.50 bits per heavy atom. The van der Waals surface area contributed by atoms with E-state index in [1.807, 2.05) is 24.3 Å². The lowest BCUT2D eigenvalue weighted by Gasteiger charge is -2.32. The summed E-state index contributed by atoms with van der Waals surface area (Å²) in [7, 11) is 0. The highest BCUT2D eigenvalue weighted by molar-refractivity contribution is 5.79. The van der Waals surface area contributed by atoms with E-state index in [0.717, 1.165) is 17.8 Å². The van der Waals surface area contributed by atoms with Crippen molar-refractivity contribution in [3.63, 3.8) is 0 Å². The van der Waals surface area contributed by atoms with E-state index in [4.69, 9.17) is 4.74 Å². The first-order valence-corrected chi connectivity index (χ1v) is 9.96. The number of nitrogens with zero attached hydrogens (tertiary/aromatic N) is 3. The predicted octanol–water partition coefficient (Wildman–Crippen LogP) is 4.41. The molecule has 0 bridgehead atoms. The van der Waals surface area contributed by atoms with Gasteiger partial charge < -0.3 is 9.64 Å². The maximum absolute atomic E-state index is 12.8. The molecule has 0 spiro atoms. The summed E-state index contributed by atoms with van der Waals surface area (Å²) in [6, 6.07) is 8.49. The summed E-state index contributed by atoms with van der Waals surface area (Å²) in [6.07, 6.45) is -2.36. The molecule has 0 saturated carbocycles. The third-order valence-electron chi connectivity index (χ3n) is 5.10. The average Bonchev–Trinajstić information content (AvgIpc) is 2.67. The molecule has 30 heavy (non-hydrogen) atoms. The van der Waals surface area contributed by atoms with Gasteiger partial charge in [0.1, 0.15) is 6.10 Å². The fourth-order valence-electron chi connectivity index (χ4n) is 3.37. The third kappa shape index (κ3) is 5.70. The van der Waals surface area contributed by atoms with E-state index in [-0.39, 0.29) is 23.8 Å². The fourth-order valence-corrected chi connectivity index (χ4v) is 3.37. The van der Waals surface area contributed by atoms with Crippen molar-refractivity contribution in [1.29, 1.82) is 0 Å². The van der Waals surface area contributed by atoms with Crippen LogP contribution in [0.15, 0.2) is 36.5 Å². The quantitative estimate of drug-likeness (QED) is 0.734. The van der Waals surface area contributed by atoms with E-state index in [9.17, 15) is 18.0 Å². The van der Waals surface area contributed by atoms with Gasteiger partial charge in [-0.3, -0.25) is 4.79 Å². The zero-order chi connectivity index (χ0) is 21.9. The number of benzene rings is 1. The van der Waals surface area contributed by atoms with Crippen molar-refractivity contribution in [1.82, 2.24) is 14.9 Å². The number of likely N-dealkylation sites (tertiary alicyclic amines) is 1. The third-order valence-corrected chi connectivity index (χ3v) is 5.10. The molecule has 1 amide bonds. The second kappa shape index (κ2) is 8.62. The molecule has 1 saturated heterocycles. The number of alkyl halides is 3. The molecule has 0 radical (unpaired) electrons. The van der Waals surface area contributed by atoms with Crippen LogP contribution in [0.25, 0.3) is 0 Å². The highest BCUT2D eigenvalue weighted by Crippen LogP contribution is 2.28. The molecule has 2 heterocycles. The summed E-state index contributed by atoms with van der Waals surface area (Å²) in [6.45, 7) is 7.31. The summed E-state index contributed by atoms with van der Waals surface area (Å²) in [5.74, 6) is -0.0308. The molecule has 3 rings (SSSR count). The molecule has 1 fully saturated rings. The van der Waals surface area contributed by atoms with Crippen LogP contribution in [0.2, 0.25) is 0 Å². The summed E-state index contributed by atoms with van der Waals surface area (Å²) < 4.78 is 44.0. The van der Waals surface area contributed by atoms with Gasteiger partial charge in [0, 0.05) is 12.7 Å². The van der Waals surface area contributed by atoms with Crippen molar-refractivity contribution >= 4 is 5.91 Å². The number of ether oxygens (including phenoxy) is 1. The molecule has 1 aromatic carbocycles. The molecule has 1 atom stereocenters. The Labute approximate surface area is 174 Å². The lowest BCUT2D eigenvalue weighted by atomic mass is 9.86. The van der Waals surface area contributed by atoms with E-state index in [2.05, 4.69) is 30.7 Å². The second-order valence-electron chi connectivity index (χ2n) is 8.57. The van der Waals surface area contributed by atoms with Crippen LogP contribution < -0.4 is 4.74 Å². The Kier molecular flexibility index (Phi) is 6.33. The zero-order valence-electron chi connectivity index (χ0n) is 17.4. The maximum Gasteiger partial charge on any atom is 0.433 e. The predicted molar refractivity (Wildman–Crippen MR) is 106 cm³/mol. The first-order valence-electron chi connectivity index (χ1n) is 9.96. The number of rotatable bonds is 4. The molecule has 8 heteroatoms. The SMILES string of the molecule is CC(C)(C)c1ccc(CC(=O)N2CCCC(Oc3nccc(C(F)(F)F)n3)C2)cc1. The topological polar surface area (TPSA) is 55.3 Å². The first-order chi connectivity index (χ1) is 14.0. The summed E-state index contributed by atoms with van der Waals surface area (Å²) in [4.78, 5) is 21.6. The Morgan fingerprint density at radius 2 is 1.87 bits per heavy atom. The Balaban J connectivity index is 1.60. The summed E-state index contributed by atoms with van der Waals surface area (Å²) in [5.41, 5.74) is 1.13. The maximum atomic E-state index is 12.8. The Morgan fingerprint density at radius 1 is 1.17 bits per heavy atom. The van der Waals surface area contributed by atoms with Crippen molar-refractivity contribution in [3.05, 3.63) is 53.3 Å². The van der Waals surface area contributed by atoms with E-state index in [1.165, 1.54) is 5.56 Å². The minimum Gasteiger partial charge on any atom is -0.458 e. The van der Waals surface area contributed by atoms with Crippen LogP contribution in [0.1, 0.15) is 50.4 Å². The van der Waals surface area contributed by atoms with Gasteiger partial charge in [0.15, 0.2) is 5.69 Å². The van der Waals surface area contributed by atoms with Crippen LogP contribution in [0.3, 0.4) is 0 Å². The zero-order valence-corrected chi connectivity index (χ0v) is 17.4. The number of aromatic nitrogens is 2. The van der Waals surface area contributed by atoms with Crippen molar-refractivity contribution in [2.24, 2.45) is 0 Å². The van der Waals surface area contributed by atoms with Crippen molar-refractivity contribution in [3.8, 4) is 6.01 Å². The van der Waals surface area contributed by atoms with Crippen molar-refractivity contribution < 1.29 is 22.7 Å². The van der Waals surface area contributed by atoms with Crippen LogP contribution in [-0.2, 0) is 22.8 Å². The van der Waals surface area contributed by atoms with Gasteiger partial charge in [-0.1, -0.05) is 45.0 Å². The van der Waals surface area contributed by atoms with Gasteiger partial charge in [0.2, 0.25) is 5.91 Å². The van der Waals surface area contributed by atoms with Gasteiger partial charge >= 0.3 is 12.2 Å². The molecule has 2 aromatic rings. The minimum absolute atomic E-state index is 0.0308. The van der Waals surface area contributed by atoms with Crippen LogP contribution in [0.4, 0.5) is 13.2 Å². The van der Waals surface area contributed by atoms with Crippen LogP contribution in [-0.4, -0.2) is 40.0 Å². The molecule has 0 N–H and O–H groups in total. The Hall–Kier alpha value is -2.64. The van der Waals surface area contributed by atoms with Gasteiger partial charge in [0.25, 0.3) is 0 Å². The van der Waals surface area contributed by atoms with E-state index in [0.29, 0.717) is 25.9 Å². The molecule has 1 aromatic heterocycles. The summed E-state index contributed by atoms with van der Waals surface area (Å²) in [5, 5.41) is 0. The summed E-state index contributed by atoms with van der Waals surface area (Å²) >= 11 is 0. The number of carbonyl (C=O) groups excluding carboxylic acids is 1. The van der Waals surface area contributed by atoms with E-state index >= 15 is 0 Å². The number of amides is 1. The van der Waals surface area contributed by atoms with Gasteiger partial charge in [-0.25, -0.2) is 4.98 Å². The second-order valence-corrected chi connectivity index (χ2v) is 8.57. The van der Waals surface area contributed by atoms with Crippen LogP contribution in [0.5, 0.6) is 6.01 Å². The monoisotopic (exact) mass is 421 g/mol. The van der Waals surface area contributed by atoms with Gasteiger partial charge in [-0.15, -0.1) is 0 Å². The average molecular weight is 421 g/mol. The number of hydrogen-bond acceptors (Lipinski definition) is 4. The lowest BCUT2D eigenvalue weighted by Crippen LogP contribution is -2.45. The molecule has 0 aliphatic carbocycles. The standard InChI is InChI=1S/C22H26F3N3O2/c1-21(2,3)16-8-6-15(7-9-16)13-19(29)28-12-4-5-17(14-28)30-20-26-11-10-18(27-20)22(23,24)25/h6-11,17H,4-5,12-14H2,1-3H3. The molecular weight excluding hydrogens is 395 g/mol. The smallest absolute Gasteiger partial charge is 0.433 e. The van der Waals surface area contributed by atoms with Gasteiger partial charge in [0.05, 0.1) is 13.0 Å². The van der Waals surface area contributed by atoms with Crippen molar-refractivity contribution in [2.75, 3.05) is 13.1 Å². The molecule has 1 unspecified atom stereocenters. The lowest BCUT2D eigenvalue weighted by molar-refractivity contribution is -0.141. The number of halogens is 3. The number of piperidine rings is 1. The fraction of sp³-hybridized carbons (Fsp3) is 0.500. The molecule has 5 nitrogen and oxygen atoms in total. The largest absolute Gasteiger partial charge is 0.458 e. The molecule has 1 aliphatic heterocycles. The van der Waals surface area contributed by atoms with Crippen molar-refractivity contribution in [2.45, 2.75) is 57.7 Å². The molecule has 1 aliphatic rings. The van der Waals surface area contributed by atoms with Gasteiger partial charge in [-0.05, 0) is 35.4 Å². The highest BCUT2D eigenvalue weighted by Gasteiger charge is 2.33. The normalized spacial score (nSPS) is 17.7. The Bertz CT molecular complexity index is 876.